The molecule has 4 aromatic carbocycles. The maximum atomic E-state index is 10.9. The molecule has 0 fully saturated rings. The van der Waals surface area contributed by atoms with Crippen molar-refractivity contribution in [2.45, 2.75) is 19.4 Å². The van der Waals surface area contributed by atoms with Crippen LogP contribution in [0.5, 0.6) is 5.75 Å². The quantitative estimate of drug-likeness (QED) is 0.0601. The van der Waals surface area contributed by atoms with Crippen molar-refractivity contribution in [3.05, 3.63) is 146 Å². The van der Waals surface area contributed by atoms with Gasteiger partial charge in [-0.1, -0.05) is 92.8 Å². The van der Waals surface area contributed by atoms with Crippen LogP contribution in [-0.4, -0.2) is 29.2 Å². The van der Waals surface area contributed by atoms with Crippen LogP contribution in [0.2, 0.25) is 40.2 Å². The maximum Gasteiger partial charge on any atom is 1.00 e. The van der Waals surface area contributed by atoms with E-state index in [1.54, 1.807) is 0 Å². The van der Waals surface area contributed by atoms with Gasteiger partial charge in [0.15, 0.2) is 0 Å². The van der Waals surface area contributed by atoms with E-state index >= 15 is 0 Å². The van der Waals surface area contributed by atoms with E-state index in [4.69, 9.17) is 116 Å². The molecule has 0 aliphatic carbocycles. The van der Waals surface area contributed by atoms with E-state index < -0.39 is 16.5 Å². The fourth-order valence-electron chi connectivity index (χ4n) is 4.73. The number of aliphatic hydroxyl groups is 1. The smallest absolute Gasteiger partial charge is 0.857 e. The summed E-state index contributed by atoms with van der Waals surface area (Å²) in [7, 11) is 2.07. The number of non-ortho nitro benzene ring substituents is 2. The zero-order valence-corrected chi connectivity index (χ0v) is 36.1. The second-order valence-electron chi connectivity index (χ2n) is 9.92. The largest absolute Gasteiger partial charge is 1.00 e. The molecule has 0 bridgehead atoms. The zero-order chi connectivity index (χ0) is 41.2. The molecule has 0 saturated carbocycles. The van der Waals surface area contributed by atoms with E-state index in [0.29, 0.717) is 11.1 Å². The van der Waals surface area contributed by atoms with Gasteiger partial charge in [0.05, 0.1) is 100 Å². The summed E-state index contributed by atoms with van der Waals surface area (Å²) in [5.41, 5.74) is 0.382. The Balaban J connectivity index is 0.000000519. The first-order chi connectivity index (χ1) is 25.5. The second kappa shape index (κ2) is 22.4. The van der Waals surface area contributed by atoms with Crippen molar-refractivity contribution in [3.8, 4) is 17.9 Å². The number of nitro groups is 2. The van der Waals surface area contributed by atoms with Crippen molar-refractivity contribution in [3.63, 3.8) is 0 Å². The summed E-state index contributed by atoms with van der Waals surface area (Å²) in [6.45, 7) is 13.8. The molecule has 0 aromatic heterocycles. The predicted octanol–water partition coefficient (Wildman–Crippen LogP) is 7.92. The van der Waals surface area contributed by atoms with E-state index in [2.05, 4.69) is 9.69 Å². The van der Waals surface area contributed by atoms with Gasteiger partial charge in [-0.05, 0) is 16.7 Å². The normalized spacial score (nSPS) is 9.75. The molecule has 0 heterocycles. The van der Waals surface area contributed by atoms with Crippen LogP contribution in [0.25, 0.3) is 9.69 Å². The van der Waals surface area contributed by atoms with Gasteiger partial charge in [-0.15, -0.1) is 0 Å². The Morgan fingerprint density at radius 2 is 1.07 bits per heavy atom. The summed E-state index contributed by atoms with van der Waals surface area (Å²) in [6.07, 6.45) is -0.0954. The van der Waals surface area contributed by atoms with Gasteiger partial charge in [0.1, 0.15) is 5.75 Å². The molecule has 4 aromatic rings. The summed E-state index contributed by atoms with van der Waals surface area (Å²) >= 11 is 49.0. The zero-order valence-electron chi connectivity index (χ0n) is 28.0. The van der Waals surface area contributed by atoms with Crippen molar-refractivity contribution < 1.29 is 54.4 Å². The van der Waals surface area contributed by atoms with Crippen LogP contribution in [0.1, 0.15) is 38.9 Å². The Kier molecular flexibility index (Phi) is 20.3. The Hall–Kier alpha value is -3.32. The molecule has 1 N–H and O–H groups in total. The Morgan fingerprint density at radius 1 is 0.673 bits per heavy atom. The summed E-state index contributed by atoms with van der Waals surface area (Å²) in [5, 5.41) is 58.4. The summed E-state index contributed by atoms with van der Waals surface area (Å²) in [4.78, 5) is 27.0. The van der Waals surface area contributed by atoms with Gasteiger partial charge >= 0.3 is 29.6 Å². The van der Waals surface area contributed by atoms with Gasteiger partial charge in [-0.2, -0.15) is 17.6 Å². The van der Waals surface area contributed by atoms with Crippen molar-refractivity contribution in [2.24, 2.45) is 0 Å². The SMILES string of the molecule is C[O-].[C-]#[N+]c1c(Cl)c(Cl)c(Cc2c(Cl)cc([N+](=O)[O-])cc2Cl)c(C#N)c1Cl.[C-]#[N+]c1c(Cl)c(OC)c(Cc2c(Cl)cc([N+](=O)[O-])cc2Cl)c(C#N)c1CO.[Na+]. The summed E-state index contributed by atoms with van der Waals surface area (Å²) in [6, 6.07) is 8.39. The van der Waals surface area contributed by atoms with E-state index in [0.717, 1.165) is 31.4 Å². The van der Waals surface area contributed by atoms with Gasteiger partial charge in [0, 0.05) is 48.2 Å². The molecule has 22 heteroatoms. The van der Waals surface area contributed by atoms with Crippen LogP contribution in [-0.2, 0) is 19.4 Å². The van der Waals surface area contributed by atoms with Crippen LogP contribution in [0.4, 0.5) is 22.7 Å². The molecule has 0 radical (unpaired) electrons. The van der Waals surface area contributed by atoms with Crippen LogP contribution < -0.4 is 39.4 Å². The van der Waals surface area contributed by atoms with Gasteiger partial charge < -0.3 is 14.9 Å². The number of nitro benzene ring substituents is 2. The number of rotatable bonds is 8. The minimum absolute atomic E-state index is 0. The number of aliphatic hydroxyl groups excluding tert-OH is 1. The number of hydrogen-bond acceptors (Lipinski definition) is 9. The maximum absolute atomic E-state index is 10.9. The topological polar surface area (TPSA) is 195 Å². The Bertz CT molecular complexity index is 2310. The number of nitriles is 2. The average molecular weight is 916 g/mol. The standard InChI is InChI=1S/C17H10Cl3N3O4.C15H4Cl5N3O2.CH3O.Na/c1-22-16-12(7-24)11(6-21)9(17(27-2)15(16)20)5-10-13(18)3-8(23(25)26)4-14(10)19;1-22-15-13(19)9(5-21)7(12(18)14(15)20)4-8-10(16)2-6(23(24)25)3-11(8)17;1-2;/h3-4,24H,5,7H2,2H3;2-3H,4H2;1H3;/q;;-1;+1. The van der Waals surface area contributed by atoms with E-state index in [-0.39, 0.29) is 139 Å². The minimum atomic E-state index is -0.631. The third kappa shape index (κ3) is 11.0. The van der Waals surface area contributed by atoms with Crippen LogP contribution >= 0.6 is 92.8 Å². The second-order valence-corrected chi connectivity index (χ2v) is 13.1. The number of methoxy groups -OCH3 is 1. The minimum Gasteiger partial charge on any atom is -0.857 e. The molecule has 0 atom stereocenters. The van der Waals surface area contributed by atoms with Crippen LogP contribution in [0.15, 0.2) is 24.3 Å². The molecule has 0 amide bonds. The number of hydrogen-bond donors (Lipinski definition) is 1. The number of benzene rings is 4. The van der Waals surface area contributed by atoms with Crippen LogP contribution in [0, 0.1) is 56.0 Å². The average Bonchev–Trinajstić information content (AvgIpc) is 3.14. The molecule has 278 valence electrons. The molecule has 0 unspecified atom stereocenters. The fraction of sp³-hybridized carbons (Fsp3) is 0.152. The van der Waals surface area contributed by atoms with Crippen molar-refractivity contribution in [2.75, 3.05) is 14.2 Å². The third-order valence-electron chi connectivity index (χ3n) is 7.16. The molecular weight excluding hydrogens is 899 g/mol. The van der Waals surface area contributed by atoms with Crippen molar-refractivity contribution in [1.82, 2.24) is 0 Å². The van der Waals surface area contributed by atoms with Crippen molar-refractivity contribution >= 4 is 116 Å². The van der Waals surface area contributed by atoms with E-state index in [1.165, 1.54) is 7.11 Å². The van der Waals surface area contributed by atoms with Crippen molar-refractivity contribution in [1.29, 1.82) is 10.5 Å². The van der Waals surface area contributed by atoms with Gasteiger partial charge in [0.25, 0.3) is 11.4 Å². The molecular formula is C33H17Cl8N6NaO7. The molecule has 0 aliphatic rings. The molecule has 13 nitrogen and oxygen atoms in total. The predicted molar refractivity (Wildman–Crippen MR) is 205 cm³/mol. The Morgan fingerprint density at radius 3 is 1.40 bits per heavy atom. The van der Waals surface area contributed by atoms with Crippen LogP contribution in [0.3, 0.4) is 0 Å². The molecule has 4 rings (SSSR count). The summed E-state index contributed by atoms with van der Waals surface area (Å²) < 4.78 is 5.27. The van der Waals surface area contributed by atoms with Gasteiger partial charge in [0.2, 0.25) is 11.4 Å². The first-order valence-electron chi connectivity index (χ1n) is 13.9. The molecule has 0 spiro atoms. The number of ether oxygens (including phenoxy) is 1. The van der Waals surface area contributed by atoms with Gasteiger partial charge in [-0.25, -0.2) is 9.69 Å². The monoisotopic (exact) mass is 912 g/mol. The van der Waals surface area contributed by atoms with E-state index in [9.17, 15) is 35.9 Å². The number of nitrogens with zero attached hydrogens (tertiary/aromatic N) is 6. The fourth-order valence-corrected chi connectivity index (χ4v) is 7.14. The van der Waals surface area contributed by atoms with E-state index in [1.807, 2.05) is 12.1 Å². The molecule has 0 saturated heterocycles. The Labute approximate surface area is 375 Å². The third-order valence-corrected chi connectivity index (χ3v) is 10.1. The molecule has 0 aliphatic heterocycles. The molecule has 55 heavy (non-hydrogen) atoms. The first-order valence-corrected chi connectivity index (χ1v) is 17.0. The number of halogens is 8. The van der Waals surface area contributed by atoms with Gasteiger partial charge in [-0.3, -0.25) is 20.2 Å². The summed E-state index contributed by atoms with van der Waals surface area (Å²) in [5.74, 6) is 0.0712. The first kappa shape index (κ1) is 49.7.